The Morgan fingerprint density at radius 1 is 1.14 bits per heavy atom. The number of aromatic nitrogens is 3. The number of esters is 1. The zero-order valence-electron chi connectivity index (χ0n) is 20.8. The zero-order chi connectivity index (χ0) is 26.4. The topological polar surface area (TPSA) is 150 Å². The molecule has 1 fully saturated rings. The van der Waals surface area contributed by atoms with E-state index >= 15 is 0 Å². The molecule has 0 radical (unpaired) electrons. The van der Waals surface area contributed by atoms with Gasteiger partial charge in [0.1, 0.15) is 12.4 Å². The van der Waals surface area contributed by atoms with Crippen LogP contribution in [0.5, 0.6) is 0 Å². The minimum atomic E-state index is -0.525. The number of nitrogens with one attached hydrogen (secondary N) is 2. The number of aryl methyl sites for hydroxylation is 1. The maximum Gasteiger partial charge on any atom is 0.325 e. The van der Waals surface area contributed by atoms with E-state index < -0.39 is 5.97 Å². The first kappa shape index (κ1) is 25.8. The summed E-state index contributed by atoms with van der Waals surface area (Å²) >= 11 is 0. The van der Waals surface area contributed by atoms with E-state index in [0.29, 0.717) is 11.1 Å². The molecule has 2 atom stereocenters. The normalized spacial score (nSPS) is 16.8. The van der Waals surface area contributed by atoms with Crippen molar-refractivity contribution in [1.29, 1.82) is 0 Å². The van der Waals surface area contributed by atoms with Crippen molar-refractivity contribution in [3.63, 3.8) is 0 Å². The van der Waals surface area contributed by atoms with Gasteiger partial charge in [-0.05, 0) is 43.0 Å². The number of nitrogen functional groups attached to an aromatic ring is 1. The number of hydrogen-bond donors (Lipinski definition) is 3. The smallest absolute Gasteiger partial charge is 0.325 e. The highest BCUT2D eigenvalue weighted by atomic mass is 16.5. The zero-order valence-corrected chi connectivity index (χ0v) is 20.8. The first-order valence-electron chi connectivity index (χ1n) is 11.9. The molecule has 3 aromatic rings. The van der Waals surface area contributed by atoms with Gasteiger partial charge in [-0.1, -0.05) is 12.1 Å². The fourth-order valence-electron chi connectivity index (χ4n) is 4.25. The third-order valence-corrected chi connectivity index (χ3v) is 6.24. The summed E-state index contributed by atoms with van der Waals surface area (Å²) in [5, 5.41) is 9.74. The third kappa shape index (κ3) is 6.50. The van der Waals surface area contributed by atoms with Crippen LogP contribution in [0.4, 0.5) is 5.82 Å². The van der Waals surface area contributed by atoms with Crippen LogP contribution in [0, 0.1) is 0 Å². The minimum absolute atomic E-state index is 0.155. The van der Waals surface area contributed by atoms with Crippen molar-refractivity contribution in [2.24, 2.45) is 7.05 Å². The fraction of sp³-hybridized carbons (Fsp3) is 0.346. The van der Waals surface area contributed by atoms with E-state index in [1.54, 1.807) is 41.3 Å². The van der Waals surface area contributed by atoms with E-state index in [4.69, 9.17) is 10.5 Å². The summed E-state index contributed by atoms with van der Waals surface area (Å²) < 4.78 is 12.4. The lowest BCUT2D eigenvalue weighted by atomic mass is 10.1. The Balaban J connectivity index is 1.36. The average molecular weight is 507 g/mol. The first-order valence-corrected chi connectivity index (χ1v) is 11.9. The molecule has 11 nitrogen and oxygen atoms in total. The second-order valence-corrected chi connectivity index (χ2v) is 8.88. The van der Waals surface area contributed by atoms with E-state index in [1.165, 1.54) is 7.11 Å². The van der Waals surface area contributed by atoms with Gasteiger partial charge < -0.3 is 25.8 Å². The van der Waals surface area contributed by atoms with Crippen LogP contribution in [-0.2, 0) is 27.9 Å². The monoisotopic (exact) mass is 506 g/mol. The van der Waals surface area contributed by atoms with Gasteiger partial charge in [0.2, 0.25) is 0 Å². The van der Waals surface area contributed by atoms with Gasteiger partial charge in [0.25, 0.3) is 11.8 Å². The van der Waals surface area contributed by atoms with Gasteiger partial charge in [-0.2, -0.15) is 5.10 Å². The van der Waals surface area contributed by atoms with Gasteiger partial charge >= 0.3 is 5.97 Å². The summed E-state index contributed by atoms with van der Waals surface area (Å²) in [5.41, 5.74) is 9.14. The number of anilines is 1. The number of pyridine rings is 1. The molecule has 2 amide bonds. The average Bonchev–Trinajstić information content (AvgIpc) is 3.54. The van der Waals surface area contributed by atoms with Gasteiger partial charge in [-0.15, -0.1) is 0 Å². The van der Waals surface area contributed by atoms with Crippen LogP contribution >= 0.6 is 0 Å². The molecule has 2 aromatic heterocycles. The van der Waals surface area contributed by atoms with Crippen LogP contribution in [0.1, 0.15) is 45.5 Å². The second kappa shape index (κ2) is 11.7. The van der Waals surface area contributed by atoms with Crippen molar-refractivity contribution in [3.05, 3.63) is 65.6 Å². The van der Waals surface area contributed by atoms with Gasteiger partial charge in [0.15, 0.2) is 0 Å². The minimum Gasteiger partial charge on any atom is -0.468 e. The predicted octanol–water partition coefficient (Wildman–Crippen LogP) is 1.83. The summed E-state index contributed by atoms with van der Waals surface area (Å²) in [4.78, 5) is 40.9. The van der Waals surface area contributed by atoms with E-state index in [2.05, 4.69) is 25.5 Å². The quantitative estimate of drug-likeness (QED) is 0.372. The Labute approximate surface area is 214 Å². The van der Waals surface area contributed by atoms with E-state index in [0.717, 1.165) is 36.0 Å². The van der Waals surface area contributed by atoms with E-state index in [1.807, 2.05) is 19.3 Å². The molecule has 2 heterocycles. The van der Waals surface area contributed by atoms with Crippen LogP contribution in [0.3, 0.4) is 0 Å². The molecule has 1 aromatic carbocycles. The van der Waals surface area contributed by atoms with Crippen molar-refractivity contribution in [2.75, 3.05) is 19.4 Å². The highest BCUT2D eigenvalue weighted by Crippen LogP contribution is 2.26. The van der Waals surface area contributed by atoms with Gasteiger partial charge in [-0.25, -0.2) is 4.98 Å². The van der Waals surface area contributed by atoms with E-state index in [9.17, 15) is 14.4 Å². The molecule has 4 rings (SSSR count). The molecule has 1 aliphatic rings. The Bertz CT molecular complexity index is 1290. The Hall–Kier alpha value is -4.25. The largest absolute Gasteiger partial charge is 0.468 e. The molecule has 1 aliphatic carbocycles. The van der Waals surface area contributed by atoms with Gasteiger partial charge in [0.05, 0.1) is 37.6 Å². The van der Waals surface area contributed by atoms with Crippen LogP contribution in [-0.4, -0.2) is 58.3 Å². The number of rotatable bonds is 9. The number of nitrogens with two attached hydrogens (primary N) is 1. The Morgan fingerprint density at radius 3 is 2.73 bits per heavy atom. The number of carbonyl (C=O) groups is 3. The number of hydrogen-bond acceptors (Lipinski definition) is 8. The Morgan fingerprint density at radius 2 is 1.97 bits per heavy atom. The molecule has 0 spiro atoms. The molecule has 0 bridgehead atoms. The summed E-state index contributed by atoms with van der Waals surface area (Å²) in [6.07, 6.45) is 7.47. The second-order valence-electron chi connectivity index (χ2n) is 8.88. The maximum absolute atomic E-state index is 13.1. The first-order chi connectivity index (χ1) is 17.8. The van der Waals surface area contributed by atoms with Crippen molar-refractivity contribution >= 4 is 23.6 Å². The van der Waals surface area contributed by atoms with Crippen LogP contribution in [0.2, 0.25) is 0 Å². The van der Waals surface area contributed by atoms with Gasteiger partial charge in [-0.3, -0.25) is 19.1 Å². The van der Waals surface area contributed by atoms with Gasteiger partial charge in [0, 0.05) is 36.1 Å². The summed E-state index contributed by atoms with van der Waals surface area (Å²) in [5.74, 6) is -1.05. The lowest BCUT2D eigenvalue weighted by molar-refractivity contribution is -0.139. The van der Waals surface area contributed by atoms with Crippen molar-refractivity contribution in [1.82, 2.24) is 25.4 Å². The van der Waals surface area contributed by atoms with Crippen LogP contribution in [0.15, 0.2) is 48.9 Å². The number of ether oxygens (including phenoxy) is 2. The van der Waals surface area contributed by atoms with Crippen molar-refractivity contribution in [3.8, 4) is 11.1 Å². The molecule has 1 unspecified atom stereocenters. The number of amides is 2. The predicted molar refractivity (Wildman–Crippen MR) is 135 cm³/mol. The Kier molecular flexibility index (Phi) is 8.14. The standard InChI is InChI=1S/C26H30N6O5/c1-32-14-19(12-30-32)18-10-20(24(27)28-11-18)26(35)31-21-7-4-8-22(21)37-15-16-5-3-6-17(9-16)25(34)29-13-23(33)36-2/h3,5-6,9-12,14,21-22H,4,7-8,13,15H2,1-2H3,(H2,27,28)(H,29,34)(H,31,35)/t21?,22-/m0/s1. The summed E-state index contributed by atoms with van der Waals surface area (Å²) in [6, 6.07) is 8.52. The lowest BCUT2D eigenvalue weighted by Crippen LogP contribution is -2.41. The summed E-state index contributed by atoms with van der Waals surface area (Å²) in [6.45, 7) is 0.0695. The molecular formula is C26H30N6O5. The molecule has 11 heteroatoms. The molecule has 4 N–H and O–H groups in total. The van der Waals surface area contributed by atoms with Crippen molar-refractivity contribution in [2.45, 2.75) is 38.0 Å². The summed E-state index contributed by atoms with van der Waals surface area (Å²) in [7, 11) is 3.08. The molecule has 37 heavy (non-hydrogen) atoms. The van der Waals surface area contributed by atoms with Crippen molar-refractivity contribution < 1.29 is 23.9 Å². The number of methoxy groups -OCH3 is 1. The van der Waals surface area contributed by atoms with Crippen LogP contribution < -0.4 is 16.4 Å². The highest BCUT2D eigenvalue weighted by Gasteiger charge is 2.30. The molecule has 194 valence electrons. The number of benzene rings is 1. The van der Waals surface area contributed by atoms with E-state index in [-0.39, 0.29) is 42.9 Å². The SMILES string of the molecule is COC(=O)CNC(=O)c1cccc(CO[C@H]2CCCC2NC(=O)c2cc(-c3cnn(C)c3)cnc2N)c1. The lowest BCUT2D eigenvalue weighted by Gasteiger charge is -2.22. The number of nitrogens with zero attached hydrogens (tertiary/aromatic N) is 3. The molecule has 1 saturated carbocycles. The fourth-order valence-corrected chi connectivity index (χ4v) is 4.25. The molecule has 0 aliphatic heterocycles. The molecule has 0 saturated heterocycles. The highest BCUT2D eigenvalue weighted by molar-refractivity contribution is 5.99. The van der Waals surface area contributed by atoms with Crippen LogP contribution in [0.25, 0.3) is 11.1 Å². The third-order valence-electron chi connectivity index (χ3n) is 6.24. The number of carbonyl (C=O) groups excluding carboxylic acids is 3. The molecular weight excluding hydrogens is 476 g/mol. The maximum atomic E-state index is 13.1.